The quantitative estimate of drug-likeness (QED) is 0.669. The zero-order valence-corrected chi connectivity index (χ0v) is 15.3. The minimum absolute atomic E-state index is 0.0559. The topological polar surface area (TPSA) is 76.1 Å². The van der Waals surface area contributed by atoms with Crippen LogP contribution in [0.25, 0.3) is 11.1 Å². The predicted molar refractivity (Wildman–Crippen MR) is 102 cm³/mol. The summed E-state index contributed by atoms with van der Waals surface area (Å²) >= 11 is 0. The number of carbonyl (C=O) groups is 2. The van der Waals surface area contributed by atoms with Crippen molar-refractivity contribution in [2.45, 2.75) is 26.2 Å². The number of rotatable bonds is 3. The third kappa shape index (κ3) is 2.70. The summed E-state index contributed by atoms with van der Waals surface area (Å²) in [6, 6.07) is 7.58. The van der Waals surface area contributed by atoms with Gasteiger partial charge in [0.1, 0.15) is 5.82 Å². The second-order valence-corrected chi connectivity index (χ2v) is 7.11. The Labute approximate surface area is 156 Å². The normalized spacial score (nSPS) is 14.9. The fourth-order valence-corrected chi connectivity index (χ4v) is 3.36. The van der Waals surface area contributed by atoms with E-state index in [0.717, 1.165) is 28.7 Å². The van der Waals surface area contributed by atoms with Gasteiger partial charge in [-0.05, 0) is 44.0 Å². The summed E-state index contributed by atoms with van der Waals surface area (Å²) in [5.74, 6) is 0.647. The summed E-state index contributed by atoms with van der Waals surface area (Å²) in [4.78, 5) is 38.5. The van der Waals surface area contributed by atoms with E-state index >= 15 is 0 Å². The molecule has 27 heavy (non-hydrogen) atoms. The van der Waals surface area contributed by atoms with Gasteiger partial charge in [0.15, 0.2) is 6.29 Å². The Morgan fingerprint density at radius 2 is 1.74 bits per heavy atom. The van der Waals surface area contributed by atoms with Gasteiger partial charge in [0, 0.05) is 29.7 Å². The minimum atomic E-state index is -0.672. The summed E-state index contributed by atoms with van der Waals surface area (Å²) in [6.45, 7) is 5.64. The van der Waals surface area contributed by atoms with Gasteiger partial charge in [-0.2, -0.15) is 0 Å². The lowest BCUT2D eigenvalue weighted by Crippen LogP contribution is -2.33. The highest BCUT2D eigenvalue weighted by atomic mass is 16.2. The highest BCUT2D eigenvalue weighted by Gasteiger charge is 2.44. The van der Waals surface area contributed by atoms with E-state index in [1.807, 2.05) is 39.0 Å². The second kappa shape index (κ2) is 6.09. The molecule has 6 nitrogen and oxygen atoms in total. The molecule has 6 heteroatoms. The maximum atomic E-state index is 13.2. The van der Waals surface area contributed by atoms with Gasteiger partial charge < -0.3 is 0 Å². The van der Waals surface area contributed by atoms with E-state index in [-0.39, 0.29) is 5.91 Å². The lowest BCUT2D eigenvalue weighted by Gasteiger charge is -2.20. The van der Waals surface area contributed by atoms with E-state index < -0.39 is 5.41 Å². The first-order valence-electron chi connectivity index (χ1n) is 8.60. The molecule has 1 aliphatic rings. The first-order chi connectivity index (χ1) is 12.9. The van der Waals surface area contributed by atoms with Crippen LogP contribution in [0.15, 0.2) is 49.1 Å². The number of amides is 1. The molecule has 0 unspecified atom stereocenters. The lowest BCUT2D eigenvalue weighted by atomic mass is 9.85. The molecule has 4 rings (SSSR count). The monoisotopic (exact) mass is 358 g/mol. The molecule has 0 saturated carbocycles. The Bertz CT molecular complexity index is 1060. The van der Waals surface area contributed by atoms with Crippen LogP contribution in [0.2, 0.25) is 0 Å². The molecular weight excluding hydrogens is 340 g/mol. The Balaban J connectivity index is 1.88. The minimum Gasteiger partial charge on any atom is -0.298 e. The largest absolute Gasteiger partial charge is 0.298 e. The van der Waals surface area contributed by atoms with Gasteiger partial charge in [-0.3, -0.25) is 19.5 Å². The van der Waals surface area contributed by atoms with Crippen molar-refractivity contribution < 1.29 is 9.59 Å². The van der Waals surface area contributed by atoms with Gasteiger partial charge in [0.05, 0.1) is 23.0 Å². The summed E-state index contributed by atoms with van der Waals surface area (Å²) < 4.78 is 0. The van der Waals surface area contributed by atoms with Crippen molar-refractivity contribution >= 4 is 23.6 Å². The number of aldehydes is 1. The maximum Gasteiger partial charge on any atom is 0.241 e. The molecular formula is C21H18N4O2. The maximum absolute atomic E-state index is 13.2. The average Bonchev–Trinajstić information content (AvgIpc) is 2.88. The lowest BCUT2D eigenvalue weighted by molar-refractivity contribution is -0.121. The molecule has 0 aliphatic carbocycles. The Morgan fingerprint density at radius 3 is 2.44 bits per heavy atom. The third-order valence-electron chi connectivity index (χ3n) is 4.90. The fraction of sp³-hybridized carbons (Fsp3) is 0.190. The molecule has 0 fully saturated rings. The summed E-state index contributed by atoms with van der Waals surface area (Å²) in [7, 11) is 0. The number of benzene rings is 1. The molecule has 0 atom stereocenters. The molecule has 134 valence electrons. The molecule has 1 aromatic carbocycles. The van der Waals surface area contributed by atoms with E-state index in [1.54, 1.807) is 29.6 Å². The van der Waals surface area contributed by atoms with Crippen molar-refractivity contribution in [1.82, 2.24) is 15.0 Å². The number of hydrogen-bond acceptors (Lipinski definition) is 5. The van der Waals surface area contributed by atoms with Crippen molar-refractivity contribution in [3.63, 3.8) is 0 Å². The van der Waals surface area contributed by atoms with Gasteiger partial charge in [-0.1, -0.05) is 12.1 Å². The van der Waals surface area contributed by atoms with Crippen LogP contribution in [0.3, 0.4) is 0 Å². The third-order valence-corrected chi connectivity index (χ3v) is 4.90. The van der Waals surface area contributed by atoms with Crippen LogP contribution in [0, 0.1) is 6.92 Å². The van der Waals surface area contributed by atoms with Crippen LogP contribution < -0.4 is 4.90 Å². The highest BCUT2D eigenvalue weighted by Crippen LogP contribution is 2.46. The molecule has 0 saturated heterocycles. The van der Waals surface area contributed by atoms with Gasteiger partial charge in [0.25, 0.3) is 0 Å². The molecule has 1 amide bonds. The number of hydrogen-bond donors (Lipinski definition) is 0. The fourth-order valence-electron chi connectivity index (χ4n) is 3.36. The number of aromatic nitrogens is 3. The summed E-state index contributed by atoms with van der Waals surface area (Å²) in [5.41, 5.74) is 3.84. The molecule has 1 aliphatic heterocycles. The molecule has 3 heterocycles. The zero-order valence-electron chi connectivity index (χ0n) is 15.3. The van der Waals surface area contributed by atoms with Crippen molar-refractivity contribution in [1.29, 1.82) is 0 Å². The zero-order chi connectivity index (χ0) is 19.2. The van der Waals surface area contributed by atoms with Crippen LogP contribution in [0.4, 0.5) is 11.4 Å². The van der Waals surface area contributed by atoms with Crippen molar-refractivity contribution in [3.05, 3.63) is 66.0 Å². The highest BCUT2D eigenvalue weighted by molar-refractivity contribution is 6.13. The van der Waals surface area contributed by atoms with E-state index in [2.05, 4.69) is 15.0 Å². The predicted octanol–water partition coefficient (Wildman–Crippen LogP) is 3.62. The average molecular weight is 358 g/mol. The number of pyridine rings is 1. The number of fused-ring (bicyclic) bond motifs is 1. The van der Waals surface area contributed by atoms with Crippen molar-refractivity contribution in [3.8, 4) is 11.1 Å². The molecule has 0 radical (unpaired) electrons. The summed E-state index contributed by atoms with van der Waals surface area (Å²) in [5, 5.41) is 0. The van der Waals surface area contributed by atoms with E-state index in [0.29, 0.717) is 17.1 Å². The van der Waals surface area contributed by atoms with E-state index in [4.69, 9.17) is 0 Å². The summed E-state index contributed by atoms with van der Waals surface area (Å²) in [6.07, 6.45) is 7.33. The smallest absolute Gasteiger partial charge is 0.241 e. The second-order valence-electron chi connectivity index (χ2n) is 7.11. The first-order valence-corrected chi connectivity index (χ1v) is 8.60. The standard InChI is InChI=1S/C21H18N4O2/c1-13-23-9-16(10-24-13)15-4-5-18-19(7-15)25(20(27)21(18,2)3)17-6-14(12-26)8-22-11-17/h4-12H,1-3H3. The van der Waals surface area contributed by atoms with Crippen LogP contribution >= 0.6 is 0 Å². The van der Waals surface area contributed by atoms with Gasteiger partial charge in [-0.25, -0.2) is 9.97 Å². The molecule has 3 aromatic rings. The SMILES string of the molecule is Cc1ncc(-c2ccc3c(c2)N(c2cncc(C=O)c2)C(=O)C3(C)C)cn1. The van der Waals surface area contributed by atoms with Crippen LogP contribution in [-0.2, 0) is 10.2 Å². The number of aryl methyl sites for hydroxylation is 1. The van der Waals surface area contributed by atoms with Crippen molar-refractivity contribution in [2.24, 2.45) is 0 Å². The number of anilines is 2. The molecule has 0 bridgehead atoms. The first kappa shape index (κ1) is 17.0. The van der Waals surface area contributed by atoms with Gasteiger partial charge in [-0.15, -0.1) is 0 Å². The van der Waals surface area contributed by atoms with Crippen LogP contribution in [-0.4, -0.2) is 27.1 Å². The van der Waals surface area contributed by atoms with Crippen LogP contribution in [0.5, 0.6) is 0 Å². The van der Waals surface area contributed by atoms with E-state index in [9.17, 15) is 9.59 Å². The van der Waals surface area contributed by atoms with E-state index in [1.165, 1.54) is 6.20 Å². The Hall–Kier alpha value is -3.41. The number of nitrogens with zero attached hydrogens (tertiary/aromatic N) is 4. The number of carbonyl (C=O) groups excluding carboxylic acids is 2. The Morgan fingerprint density at radius 1 is 1.00 bits per heavy atom. The Kier molecular flexibility index (Phi) is 3.84. The van der Waals surface area contributed by atoms with Gasteiger partial charge in [0.2, 0.25) is 5.91 Å². The molecule has 0 spiro atoms. The molecule has 2 aromatic heterocycles. The van der Waals surface area contributed by atoms with Gasteiger partial charge >= 0.3 is 0 Å². The van der Waals surface area contributed by atoms with Crippen LogP contribution in [0.1, 0.15) is 35.6 Å². The molecule has 0 N–H and O–H groups in total. The van der Waals surface area contributed by atoms with Crippen molar-refractivity contribution in [2.75, 3.05) is 4.90 Å².